The molecule has 1 aromatic heterocycles. The van der Waals surface area contributed by atoms with Crippen molar-refractivity contribution in [3.63, 3.8) is 0 Å². The smallest absolute Gasteiger partial charge is 0.319 e. The predicted octanol–water partition coefficient (Wildman–Crippen LogP) is 4.13. The van der Waals surface area contributed by atoms with Crippen LogP contribution < -0.4 is 5.32 Å². The summed E-state index contributed by atoms with van der Waals surface area (Å²) in [5.41, 5.74) is 0.643. The molecule has 1 aliphatic rings. The fourth-order valence-corrected chi connectivity index (χ4v) is 3.91. The van der Waals surface area contributed by atoms with Gasteiger partial charge in [0.15, 0.2) is 0 Å². The first-order chi connectivity index (χ1) is 14.9. The van der Waals surface area contributed by atoms with Crippen molar-refractivity contribution in [1.29, 1.82) is 0 Å². The van der Waals surface area contributed by atoms with Gasteiger partial charge in [0.25, 0.3) is 5.91 Å². The van der Waals surface area contributed by atoms with Gasteiger partial charge in [-0.1, -0.05) is 42.5 Å². The Kier molecular flexibility index (Phi) is 4.32. The monoisotopic (exact) mass is 414 g/mol. The van der Waals surface area contributed by atoms with Gasteiger partial charge in [-0.25, -0.2) is 13.9 Å². The number of hydrogen-bond donors (Lipinski definition) is 1. The molecule has 5 rings (SSSR count). The van der Waals surface area contributed by atoms with Crippen LogP contribution in [0.4, 0.5) is 9.18 Å². The first kappa shape index (κ1) is 19.0. The van der Waals surface area contributed by atoms with Crippen molar-refractivity contribution < 1.29 is 14.0 Å². The highest BCUT2D eigenvalue weighted by Gasteiger charge is 2.49. The second-order valence-corrected chi connectivity index (χ2v) is 7.74. The van der Waals surface area contributed by atoms with Crippen molar-refractivity contribution in [1.82, 2.24) is 20.0 Å². The number of carbonyl (C=O) groups is 2. The maximum atomic E-state index is 13.5. The van der Waals surface area contributed by atoms with E-state index < -0.39 is 11.6 Å². The fourth-order valence-electron chi connectivity index (χ4n) is 3.91. The van der Waals surface area contributed by atoms with E-state index in [1.54, 1.807) is 31.3 Å². The highest BCUT2D eigenvalue weighted by atomic mass is 19.1. The first-order valence-corrected chi connectivity index (χ1v) is 9.88. The molecule has 4 aromatic rings. The van der Waals surface area contributed by atoms with Crippen molar-refractivity contribution >= 4 is 22.7 Å². The number of halogens is 1. The van der Waals surface area contributed by atoms with Gasteiger partial charge in [0.1, 0.15) is 11.4 Å². The van der Waals surface area contributed by atoms with E-state index in [1.165, 1.54) is 16.8 Å². The molecule has 1 atom stereocenters. The van der Waals surface area contributed by atoms with Crippen LogP contribution in [0.5, 0.6) is 0 Å². The van der Waals surface area contributed by atoms with Crippen LogP contribution in [0, 0.1) is 5.82 Å². The normalized spacial score (nSPS) is 18.6. The Morgan fingerprint density at radius 2 is 1.77 bits per heavy atom. The van der Waals surface area contributed by atoms with E-state index in [0.717, 1.165) is 21.2 Å². The number of rotatable bonds is 4. The summed E-state index contributed by atoms with van der Waals surface area (Å²) in [6.07, 6.45) is 1.67. The Labute approximate surface area is 177 Å². The topological polar surface area (TPSA) is 67.2 Å². The molecule has 1 fully saturated rings. The number of nitrogens with one attached hydrogen (secondary N) is 1. The minimum absolute atomic E-state index is 0.0240. The molecule has 1 saturated heterocycles. The zero-order valence-corrected chi connectivity index (χ0v) is 16.7. The standard InChI is InChI=1S/C24H19FN4O2/c1-24(18-10-9-16-5-2-3-6-17(16)13-18)22(30)28(23(31)26-24)15-20-11-12-29(27-20)21-8-4-7-19(25)14-21/h2-14H,15H2,1H3,(H,26,31). The molecule has 0 aliphatic carbocycles. The summed E-state index contributed by atoms with van der Waals surface area (Å²) in [5, 5.41) is 9.28. The lowest BCUT2D eigenvalue weighted by atomic mass is 9.90. The number of fused-ring (bicyclic) bond motifs is 1. The number of benzene rings is 3. The third kappa shape index (κ3) is 3.24. The molecule has 3 amide bonds. The molecule has 6 nitrogen and oxygen atoms in total. The van der Waals surface area contributed by atoms with Crippen LogP contribution >= 0.6 is 0 Å². The van der Waals surface area contributed by atoms with Crippen LogP contribution in [-0.2, 0) is 16.9 Å². The van der Waals surface area contributed by atoms with Crippen molar-refractivity contribution in [2.24, 2.45) is 0 Å². The second kappa shape index (κ2) is 7.05. The van der Waals surface area contributed by atoms with Crippen LogP contribution in [0.1, 0.15) is 18.2 Å². The van der Waals surface area contributed by atoms with Gasteiger partial charge in [-0.2, -0.15) is 5.10 Å². The molecule has 1 unspecified atom stereocenters. The summed E-state index contributed by atoms with van der Waals surface area (Å²) in [4.78, 5) is 27.1. The summed E-state index contributed by atoms with van der Waals surface area (Å²) in [6, 6.07) is 20.9. The van der Waals surface area contributed by atoms with E-state index in [1.807, 2.05) is 42.5 Å². The van der Waals surface area contributed by atoms with Gasteiger partial charge in [0.2, 0.25) is 0 Å². The molecule has 1 N–H and O–H groups in total. The van der Waals surface area contributed by atoms with Gasteiger partial charge < -0.3 is 5.32 Å². The van der Waals surface area contributed by atoms with Crippen LogP contribution in [0.2, 0.25) is 0 Å². The number of aromatic nitrogens is 2. The van der Waals surface area contributed by atoms with E-state index in [0.29, 0.717) is 11.4 Å². The third-order valence-corrected chi connectivity index (χ3v) is 5.64. The second-order valence-electron chi connectivity index (χ2n) is 7.74. The average molecular weight is 414 g/mol. The van der Waals surface area contributed by atoms with E-state index in [4.69, 9.17) is 0 Å². The van der Waals surface area contributed by atoms with Gasteiger partial charge in [0.05, 0.1) is 17.9 Å². The van der Waals surface area contributed by atoms with Crippen LogP contribution in [0.3, 0.4) is 0 Å². The molecule has 0 spiro atoms. The number of imide groups is 1. The Morgan fingerprint density at radius 3 is 2.58 bits per heavy atom. The molecule has 1 aliphatic heterocycles. The van der Waals surface area contributed by atoms with E-state index in [9.17, 15) is 14.0 Å². The lowest BCUT2D eigenvalue weighted by Crippen LogP contribution is -2.40. The van der Waals surface area contributed by atoms with Gasteiger partial charge in [-0.3, -0.25) is 9.69 Å². The summed E-state index contributed by atoms with van der Waals surface area (Å²) >= 11 is 0. The highest BCUT2D eigenvalue weighted by Crippen LogP contribution is 2.31. The number of amides is 3. The van der Waals surface area contributed by atoms with Gasteiger partial charge in [0, 0.05) is 6.20 Å². The number of hydrogen-bond acceptors (Lipinski definition) is 3. The zero-order chi connectivity index (χ0) is 21.6. The van der Waals surface area contributed by atoms with E-state index in [2.05, 4.69) is 10.4 Å². The van der Waals surface area contributed by atoms with Crippen molar-refractivity contribution in [2.75, 3.05) is 0 Å². The van der Waals surface area contributed by atoms with Crippen LogP contribution in [0.25, 0.3) is 16.5 Å². The molecule has 3 aromatic carbocycles. The molecule has 0 radical (unpaired) electrons. The molecular weight excluding hydrogens is 395 g/mol. The summed E-state index contributed by atoms with van der Waals surface area (Å²) in [7, 11) is 0. The lowest BCUT2D eigenvalue weighted by molar-refractivity contribution is -0.131. The fraction of sp³-hybridized carbons (Fsp3) is 0.125. The largest absolute Gasteiger partial charge is 0.325 e. The first-order valence-electron chi connectivity index (χ1n) is 9.88. The van der Waals surface area contributed by atoms with Gasteiger partial charge in [-0.15, -0.1) is 0 Å². The molecule has 31 heavy (non-hydrogen) atoms. The van der Waals surface area contributed by atoms with Gasteiger partial charge in [-0.05, 0) is 53.6 Å². The zero-order valence-electron chi connectivity index (χ0n) is 16.7. The Morgan fingerprint density at radius 1 is 0.968 bits per heavy atom. The lowest BCUT2D eigenvalue weighted by Gasteiger charge is -2.22. The summed E-state index contributed by atoms with van der Waals surface area (Å²) < 4.78 is 15.0. The minimum atomic E-state index is -1.16. The van der Waals surface area contributed by atoms with E-state index in [-0.39, 0.29) is 18.3 Å². The number of carbonyl (C=O) groups excluding carboxylic acids is 2. The Bertz CT molecular complexity index is 1330. The average Bonchev–Trinajstić information content (AvgIpc) is 3.33. The van der Waals surface area contributed by atoms with Crippen LogP contribution in [0.15, 0.2) is 79.0 Å². The Balaban J connectivity index is 1.41. The minimum Gasteiger partial charge on any atom is -0.319 e. The Hall–Kier alpha value is -4.00. The van der Waals surface area contributed by atoms with Crippen molar-refractivity contribution in [3.05, 3.63) is 96.1 Å². The summed E-state index contributed by atoms with van der Waals surface area (Å²) in [6.45, 7) is 1.73. The predicted molar refractivity (Wildman–Crippen MR) is 114 cm³/mol. The molecular formula is C24H19FN4O2. The maximum Gasteiger partial charge on any atom is 0.325 e. The third-order valence-electron chi connectivity index (χ3n) is 5.64. The summed E-state index contributed by atoms with van der Waals surface area (Å²) in [5.74, 6) is -0.706. The maximum absolute atomic E-state index is 13.5. The molecule has 154 valence electrons. The molecule has 7 heteroatoms. The quantitative estimate of drug-likeness (QED) is 0.511. The molecule has 2 heterocycles. The number of nitrogens with zero attached hydrogens (tertiary/aromatic N) is 3. The van der Waals surface area contributed by atoms with Crippen LogP contribution in [-0.4, -0.2) is 26.6 Å². The highest BCUT2D eigenvalue weighted by molar-refractivity contribution is 6.07. The SMILES string of the molecule is CC1(c2ccc3ccccc3c2)NC(=O)N(Cc2ccn(-c3cccc(F)c3)n2)C1=O. The van der Waals surface area contributed by atoms with Crippen molar-refractivity contribution in [2.45, 2.75) is 19.0 Å². The number of urea groups is 1. The van der Waals surface area contributed by atoms with Crippen molar-refractivity contribution in [3.8, 4) is 5.69 Å². The molecule has 0 bridgehead atoms. The molecule has 0 saturated carbocycles. The van der Waals surface area contributed by atoms with E-state index >= 15 is 0 Å². The van der Waals surface area contributed by atoms with Gasteiger partial charge >= 0.3 is 6.03 Å².